The van der Waals surface area contributed by atoms with E-state index in [1.807, 2.05) is 6.66 Å². The van der Waals surface area contributed by atoms with Crippen LogP contribution in [0.25, 0.3) is 32.7 Å². The molecule has 0 amide bonds. The van der Waals surface area contributed by atoms with Gasteiger partial charge in [-0.05, 0) is 0 Å². The maximum absolute atomic E-state index is 13.7. The molecule has 0 bridgehead atoms. The molecule has 0 saturated carbocycles. The van der Waals surface area contributed by atoms with Crippen molar-refractivity contribution in [2.24, 2.45) is 0 Å². The summed E-state index contributed by atoms with van der Waals surface area (Å²) in [4.78, 5) is 0. The van der Waals surface area contributed by atoms with Crippen molar-refractivity contribution >= 4 is 57.8 Å². The number of benzene rings is 6. The van der Waals surface area contributed by atoms with Crippen molar-refractivity contribution in [2.45, 2.75) is 96.8 Å². The minimum atomic E-state index is -2.61. The van der Waals surface area contributed by atoms with E-state index in [4.69, 9.17) is 0 Å². The van der Waals surface area contributed by atoms with Crippen molar-refractivity contribution in [1.29, 1.82) is 0 Å². The molecule has 0 aliphatic heterocycles. The van der Waals surface area contributed by atoms with Gasteiger partial charge in [-0.15, -0.1) is 0 Å². The summed E-state index contributed by atoms with van der Waals surface area (Å²) in [7, 11) is -4.62. The Kier molecular flexibility index (Phi) is 14.4. The molecule has 0 aliphatic carbocycles. The van der Waals surface area contributed by atoms with Crippen LogP contribution in [-0.4, -0.2) is 12.8 Å². The van der Waals surface area contributed by atoms with Crippen molar-refractivity contribution in [1.82, 2.24) is 0 Å². The van der Waals surface area contributed by atoms with E-state index < -0.39 is 15.1 Å². The molecule has 0 aliphatic rings. The second-order valence-corrected chi connectivity index (χ2v) is 20.6. The first-order valence-corrected chi connectivity index (χ1v) is 24.4. The third-order valence-electron chi connectivity index (χ3n) is 11.4. The summed E-state index contributed by atoms with van der Waals surface area (Å²) in [5.41, 5.74) is 2.45. The van der Waals surface area contributed by atoms with Crippen LogP contribution in [0.4, 0.5) is 0 Å². The Morgan fingerprint density at radius 3 is 1.37 bits per heavy atom. The Morgan fingerprint density at radius 2 is 0.865 bits per heavy atom. The topological polar surface area (TPSA) is 17.1 Å². The molecule has 52 heavy (non-hydrogen) atoms. The van der Waals surface area contributed by atoms with E-state index >= 15 is 0 Å². The predicted molar refractivity (Wildman–Crippen MR) is 237 cm³/mol. The first-order valence-electron chi connectivity index (χ1n) is 20.3. The van der Waals surface area contributed by atoms with Crippen LogP contribution >= 0.6 is 15.1 Å². The monoisotopic (exact) mass is 726 g/mol. The maximum atomic E-state index is 13.7. The first kappa shape index (κ1) is 38.2. The number of hydrogen-bond donors (Lipinski definition) is 0. The van der Waals surface area contributed by atoms with Crippen LogP contribution in [0.3, 0.4) is 0 Å². The van der Waals surface area contributed by atoms with E-state index in [1.165, 1.54) is 138 Å². The molecule has 0 saturated heterocycles. The molecule has 0 spiro atoms. The molecular formula is C49H60OP2. The summed E-state index contributed by atoms with van der Waals surface area (Å²) in [5.74, 6) is 0. The number of rotatable bonds is 20. The molecule has 6 aromatic carbocycles. The Balaban J connectivity index is 1.37. The molecule has 0 N–H and O–H groups in total. The van der Waals surface area contributed by atoms with Crippen LogP contribution in [0.15, 0.2) is 133 Å². The molecule has 6 rings (SSSR count). The van der Waals surface area contributed by atoms with Gasteiger partial charge in [-0.25, -0.2) is 0 Å². The van der Waals surface area contributed by atoms with Gasteiger partial charge in [0.25, 0.3) is 0 Å². The second-order valence-electron chi connectivity index (χ2n) is 15.0. The summed E-state index contributed by atoms with van der Waals surface area (Å²) in [6, 6.07) is 49.6. The van der Waals surface area contributed by atoms with Crippen molar-refractivity contribution < 1.29 is 4.57 Å². The quantitative estimate of drug-likeness (QED) is 0.0565. The van der Waals surface area contributed by atoms with Crippen molar-refractivity contribution in [3.8, 4) is 11.1 Å². The van der Waals surface area contributed by atoms with Crippen LogP contribution in [0.5, 0.6) is 0 Å². The molecule has 3 heteroatoms. The normalized spacial score (nSPS) is 12.7. The SMILES string of the molecule is CCCCCCCCCCCCCCCC[PH](c1ccccc1)(c1ccccc1)c1ccc2ccccc2c1-c1c([PH](C)=O)ccc2ccccc12. The summed E-state index contributed by atoms with van der Waals surface area (Å²) in [5, 5.41) is 10.2. The van der Waals surface area contributed by atoms with Gasteiger partial charge >= 0.3 is 290 Å². The fraction of sp³-hybridized carbons (Fsp3) is 0.347. The third kappa shape index (κ3) is 8.99. The van der Waals surface area contributed by atoms with Gasteiger partial charge in [-0.1, -0.05) is 26.2 Å². The first-order chi connectivity index (χ1) is 25.6. The third-order valence-corrected chi connectivity index (χ3v) is 17.6. The summed E-state index contributed by atoms with van der Waals surface area (Å²) < 4.78 is 13.7. The molecule has 1 unspecified atom stereocenters. The molecule has 0 heterocycles. The predicted octanol–water partition coefficient (Wildman–Crippen LogP) is 13.0. The Morgan fingerprint density at radius 1 is 0.442 bits per heavy atom. The van der Waals surface area contributed by atoms with E-state index in [1.54, 1.807) is 0 Å². The molecule has 1 atom stereocenters. The molecule has 272 valence electrons. The van der Waals surface area contributed by atoms with Gasteiger partial charge in [0.05, 0.1) is 0 Å². The molecule has 1 nitrogen and oxygen atoms in total. The van der Waals surface area contributed by atoms with Gasteiger partial charge in [0, 0.05) is 0 Å². The number of fused-ring (bicyclic) bond motifs is 2. The van der Waals surface area contributed by atoms with Crippen molar-refractivity contribution in [3.63, 3.8) is 0 Å². The standard InChI is InChI=1S/C49H60OP2/c1-3-4-5-6-7-8-9-10-11-12-13-14-15-26-39-52(42-29-18-16-19-30-42,43-31-20-17-21-32-43)47-38-36-41-28-23-25-34-45(41)49(47)48-44-33-24-22-27-40(44)35-37-46(48)51(2)50/h16-25,27-38,51-52H,3-15,26,39H2,1-2H3. The average Bonchev–Trinajstić information content (AvgIpc) is 3.19. The zero-order chi connectivity index (χ0) is 36.0. The fourth-order valence-electron chi connectivity index (χ4n) is 8.66. The number of unbranched alkanes of at least 4 members (excludes halogenated alkanes) is 13. The van der Waals surface area contributed by atoms with Gasteiger partial charge < -0.3 is 0 Å². The van der Waals surface area contributed by atoms with E-state index in [9.17, 15) is 4.57 Å². The second kappa shape index (κ2) is 19.5. The van der Waals surface area contributed by atoms with Crippen molar-refractivity contribution in [3.05, 3.63) is 133 Å². The zero-order valence-corrected chi connectivity index (χ0v) is 33.7. The van der Waals surface area contributed by atoms with Gasteiger partial charge in [0.2, 0.25) is 0 Å². The van der Waals surface area contributed by atoms with E-state index in [0.717, 1.165) is 11.5 Å². The molecule has 0 aromatic heterocycles. The van der Waals surface area contributed by atoms with E-state index in [0.29, 0.717) is 0 Å². The Hall–Kier alpha value is -3.50. The van der Waals surface area contributed by atoms with E-state index in [2.05, 4.69) is 140 Å². The number of hydrogen-bond acceptors (Lipinski definition) is 1. The van der Waals surface area contributed by atoms with Gasteiger partial charge in [0.1, 0.15) is 0 Å². The van der Waals surface area contributed by atoms with Gasteiger partial charge in [0.15, 0.2) is 0 Å². The van der Waals surface area contributed by atoms with Crippen LogP contribution < -0.4 is 21.2 Å². The fourth-order valence-corrected chi connectivity index (χ4v) is 14.8. The summed E-state index contributed by atoms with van der Waals surface area (Å²) >= 11 is 0. The zero-order valence-electron chi connectivity index (χ0n) is 31.7. The Labute approximate surface area is 315 Å². The molecular weight excluding hydrogens is 666 g/mol. The van der Waals surface area contributed by atoms with Gasteiger partial charge in [-0.3, -0.25) is 0 Å². The van der Waals surface area contributed by atoms with Crippen molar-refractivity contribution in [2.75, 3.05) is 12.8 Å². The minimum absolute atomic E-state index is 0.988. The summed E-state index contributed by atoms with van der Waals surface area (Å²) in [6.45, 7) is 4.21. The van der Waals surface area contributed by atoms with Crippen LogP contribution in [0, 0.1) is 0 Å². The van der Waals surface area contributed by atoms with Crippen LogP contribution in [-0.2, 0) is 4.57 Å². The van der Waals surface area contributed by atoms with E-state index in [-0.39, 0.29) is 0 Å². The van der Waals surface area contributed by atoms with Crippen LogP contribution in [0.2, 0.25) is 0 Å². The van der Waals surface area contributed by atoms with Crippen LogP contribution in [0.1, 0.15) is 96.8 Å². The molecule has 0 radical (unpaired) electrons. The molecule has 0 fully saturated rings. The Bertz CT molecular complexity index is 1980. The van der Waals surface area contributed by atoms with Gasteiger partial charge in [-0.2, -0.15) is 0 Å². The summed E-state index contributed by atoms with van der Waals surface area (Å²) in [6.07, 6.45) is 20.2. The molecule has 6 aromatic rings. The average molecular weight is 727 g/mol.